The van der Waals surface area contributed by atoms with Gasteiger partial charge in [0.2, 0.25) is 5.91 Å². The Morgan fingerprint density at radius 2 is 1.75 bits per heavy atom. The van der Waals surface area contributed by atoms with E-state index in [2.05, 4.69) is 11.4 Å². The average molecular weight is 725 g/mol. The first-order valence-corrected chi connectivity index (χ1v) is 18.4. The van der Waals surface area contributed by atoms with E-state index in [1.165, 1.54) is 9.47 Å². The lowest BCUT2D eigenvalue weighted by atomic mass is 9.67. The van der Waals surface area contributed by atoms with Gasteiger partial charge >= 0.3 is 0 Å². The van der Waals surface area contributed by atoms with Gasteiger partial charge in [-0.05, 0) is 100 Å². The van der Waals surface area contributed by atoms with Gasteiger partial charge in [-0.15, -0.1) is 0 Å². The second-order valence-corrected chi connectivity index (χ2v) is 14.0. The molecule has 1 aromatic heterocycles. The van der Waals surface area contributed by atoms with Crippen molar-refractivity contribution in [3.05, 3.63) is 93.2 Å². The zero-order valence-electron chi connectivity index (χ0n) is 30.0. The van der Waals surface area contributed by atoms with Crippen molar-refractivity contribution in [1.82, 2.24) is 9.88 Å². The van der Waals surface area contributed by atoms with Crippen LogP contribution in [0.5, 0.6) is 17.2 Å². The SMILES string of the molecule is CCN(C(=O)c1c(OCCNC(=O)C2CCC(C#N)(c3ccc(OC)c(OC4CCCC4)c3)CC2)c2c(Cl)cccc2n(C)c1=O)c1ccccc1. The van der Waals surface area contributed by atoms with E-state index in [1.54, 1.807) is 32.4 Å². The number of aromatic nitrogens is 1. The van der Waals surface area contributed by atoms with Crippen LogP contribution in [0.15, 0.2) is 71.5 Å². The molecule has 2 saturated carbocycles. The van der Waals surface area contributed by atoms with Gasteiger partial charge in [0.25, 0.3) is 11.5 Å². The standard InChI is InChI=1S/C41H45ClN4O6/c1-4-46(29-11-6-5-7-12-29)40(49)36-37(35-31(42)15-10-16-32(35)45(2)39(36)48)51-24-23-44-38(47)27-19-21-41(26-43,22-20-27)28-17-18-33(50-3)34(25-28)52-30-13-8-9-14-30/h5-7,10-12,15-18,25,27,30H,4,8-9,13-14,19-24H2,1-3H3,(H,44,47). The Bertz CT molecular complexity index is 2030. The Hall–Kier alpha value is -5.01. The molecule has 0 bridgehead atoms. The molecule has 272 valence electrons. The molecule has 0 atom stereocenters. The van der Waals surface area contributed by atoms with Crippen molar-refractivity contribution >= 4 is 40.0 Å². The number of nitriles is 1. The molecule has 2 aliphatic rings. The van der Waals surface area contributed by atoms with Crippen LogP contribution in [0, 0.1) is 17.2 Å². The minimum absolute atomic E-state index is 0.00143. The highest BCUT2D eigenvalue weighted by Gasteiger charge is 2.40. The Morgan fingerprint density at radius 1 is 1.02 bits per heavy atom. The highest BCUT2D eigenvalue weighted by molar-refractivity contribution is 6.36. The van der Waals surface area contributed by atoms with Crippen molar-refractivity contribution in [2.24, 2.45) is 13.0 Å². The molecule has 0 unspecified atom stereocenters. The lowest BCUT2D eigenvalue weighted by molar-refractivity contribution is -0.126. The van der Waals surface area contributed by atoms with E-state index in [0.717, 1.165) is 31.2 Å². The van der Waals surface area contributed by atoms with E-state index in [4.69, 9.17) is 25.8 Å². The average Bonchev–Trinajstić information content (AvgIpc) is 3.69. The van der Waals surface area contributed by atoms with Gasteiger partial charge in [0.05, 0.1) is 47.2 Å². The van der Waals surface area contributed by atoms with Gasteiger partial charge in [-0.3, -0.25) is 14.4 Å². The van der Waals surface area contributed by atoms with E-state index in [-0.39, 0.29) is 42.4 Å². The molecule has 2 aliphatic carbocycles. The number of nitrogens with zero attached hydrogens (tertiary/aromatic N) is 3. The summed E-state index contributed by atoms with van der Waals surface area (Å²) in [7, 11) is 3.22. The number of carbonyl (C=O) groups is 2. The van der Waals surface area contributed by atoms with Crippen LogP contribution in [0.2, 0.25) is 5.02 Å². The second-order valence-electron chi connectivity index (χ2n) is 13.6. The Balaban J connectivity index is 1.14. The third-order valence-electron chi connectivity index (χ3n) is 10.6. The van der Waals surface area contributed by atoms with Crippen LogP contribution < -0.4 is 30.0 Å². The van der Waals surface area contributed by atoms with Crippen molar-refractivity contribution in [2.45, 2.75) is 69.8 Å². The number of para-hydroxylation sites is 1. The number of benzene rings is 3. The Labute approximate surface area is 309 Å². The molecule has 1 heterocycles. The number of nitrogens with one attached hydrogen (secondary N) is 1. The third kappa shape index (κ3) is 7.33. The number of pyridine rings is 1. The first-order chi connectivity index (χ1) is 25.2. The van der Waals surface area contributed by atoms with Crippen LogP contribution in [0.3, 0.4) is 0 Å². The number of rotatable bonds is 12. The van der Waals surface area contributed by atoms with Crippen LogP contribution in [0.25, 0.3) is 10.9 Å². The normalized spacial score (nSPS) is 18.8. The smallest absolute Gasteiger partial charge is 0.267 e. The maximum Gasteiger partial charge on any atom is 0.267 e. The molecule has 3 aromatic carbocycles. The van der Waals surface area contributed by atoms with E-state index < -0.39 is 16.9 Å². The first kappa shape index (κ1) is 36.8. The number of methoxy groups -OCH3 is 1. The number of halogens is 1. The molecule has 10 nitrogen and oxygen atoms in total. The number of fused-ring (bicyclic) bond motifs is 1. The summed E-state index contributed by atoms with van der Waals surface area (Å²) in [5.74, 6) is 0.505. The summed E-state index contributed by atoms with van der Waals surface area (Å²) >= 11 is 6.67. The highest BCUT2D eigenvalue weighted by Crippen LogP contribution is 2.44. The molecular formula is C41H45ClN4O6. The monoisotopic (exact) mass is 724 g/mol. The van der Waals surface area contributed by atoms with Crippen LogP contribution in [0.1, 0.15) is 74.2 Å². The number of hydrogen-bond donors (Lipinski definition) is 1. The van der Waals surface area contributed by atoms with Crippen LogP contribution in [-0.2, 0) is 17.3 Å². The fraction of sp³-hybridized carbons (Fsp3) is 0.415. The van der Waals surface area contributed by atoms with Gasteiger partial charge in [-0.2, -0.15) is 5.26 Å². The van der Waals surface area contributed by atoms with Crippen LogP contribution in [0.4, 0.5) is 5.69 Å². The maximum atomic E-state index is 14.1. The number of anilines is 1. The summed E-state index contributed by atoms with van der Waals surface area (Å²) in [5.41, 5.74) is 0.686. The molecule has 0 radical (unpaired) electrons. The lowest BCUT2D eigenvalue weighted by Crippen LogP contribution is -2.39. The predicted molar refractivity (Wildman–Crippen MR) is 202 cm³/mol. The van der Waals surface area contributed by atoms with E-state index >= 15 is 0 Å². The van der Waals surface area contributed by atoms with Gasteiger partial charge in [0.1, 0.15) is 17.9 Å². The van der Waals surface area contributed by atoms with Crippen molar-refractivity contribution < 1.29 is 23.8 Å². The molecular weight excluding hydrogens is 680 g/mol. The van der Waals surface area contributed by atoms with Crippen molar-refractivity contribution in [1.29, 1.82) is 5.26 Å². The largest absolute Gasteiger partial charge is 0.493 e. The Morgan fingerprint density at radius 3 is 2.42 bits per heavy atom. The summed E-state index contributed by atoms with van der Waals surface area (Å²) in [6.07, 6.45) is 6.63. The zero-order chi connectivity index (χ0) is 36.8. The van der Waals surface area contributed by atoms with Crippen LogP contribution >= 0.6 is 11.6 Å². The summed E-state index contributed by atoms with van der Waals surface area (Å²) in [6, 6.07) is 22.6. The molecule has 0 saturated heterocycles. The van der Waals surface area contributed by atoms with Gasteiger partial charge in [0, 0.05) is 25.2 Å². The molecule has 1 N–H and O–H groups in total. The minimum Gasteiger partial charge on any atom is -0.493 e. The fourth-order valence-corrected chi connectivity index (χ4v) is 7.85. The quantitative estimate of drug-likeness (QED) is 0.152. The van der Waals surface area contributed by atoms with Gasteiger partial charge in [-0.1, -0.05) is 41.9 Å². The van der Waals surface area contributed by atoms with Crippen molar-refractivity contribution in [2.75, 3.05) is 31.7 Å². The number of carbonyl (C=O) groups excluding carboxylic acids is 2. The Kier molecular flexibility index (Phi) is 11.4. The van der Waals surface area contributed by atoms with E-state index in [9.17, 15) is 19.6 Å². The number of ether oxygens (including phenoxy) is 3. The molecule has 0 aliphatic heterocycles. The molecule has 2 fully saturated rings. The molecule has 4 aromatic rings. The summed E-state index contributed by atoms with van der Waals surface area (Å²) in [4.78, 5) is 42.7. The summed E-state index contributed by atoms with van der Waals surface area (Å²) < 4.78 is 19.5. The van der Waals surface area contributed by atoms with Gasteiger partial charge in [-0.25, -0.2) is 0 Å². The zero-order valence-corrected chi connectivity index (χ0v) is 30.7. The predicted octanol–water partition coefficient (Wildman–Crippen LogP) is 7.34. The van der Waals surface area contributed by atoms with E-state index in [1.807, 2.05) is 55.5 Å². The molecule has 52 heavy (non-hydrogen) atoms. The van der Waals surface area contributed by atoms with Gasteiger partial charge < -0.3 is 29.0 Å². The molecule has 0 spiro atoms. The number of amides is 2. The van der Waals surface area contributed by atoms with Crippen molar-refractivity contribution in [3.8, 4) is 23.3 Å². The molecule has 11 heteroatoms. The maximum absolute atomic E-state index is 14.1. The van der Waals surface area contributed by atoms with Gasteiger partial charge in [0.15, 0.2) is 11.5 Å². The third-order valence-corrected chi connectivity index (χ3v) is 10.9. The van der Waals surface area contributed by atoms with Crippen molar-refractivity contribution in [3.63, 3.8) is 0 Å². The topological polar surface area (TPSA) is 123 Å². The first-order valence-electron chi connectivity index (χ1n) is 18.1. The van der Waals surface area contributed by atoms with Crippen LogP contribution in [-0.4, -0.2) is 49.3 Å². The molecule has 2 amide bonds. The van der Waals surface area contributed by atoms with E-state index in [0.29, 0.717) is 65.3 Å². The second kappa shape index (κ2) is 16.1. The minimum atomic E-state index is -0.727. The fourth-order valence-electron chi connectivity index (χ4n) is 7.60. The number of hydrogen-bond acceptors (Lipinski definition) is 7. The highest BCUT2D eigenvalue weighted by atomic mass is 35.5. The summed E-state index contributed by atoms with van der Waals surface area (Å²) in [5, 5.41) is 14.2. The molecule has 6 rings (SSSR count). The lowest BCUT2D eigenvalue weighted by Gasteiger charge is -2.35. The number of aryl methyl sites for hydroxylation is 1. The summed E-state index contributed by atoms with van der Waals surface area (Å²) in [6.45, 7) is 2.31.